The zero-order chi connectivity index (χ0) is 13.5. The molecule has 1 aromatic carbocycles. The number of hydrogen-bond donors (Lipinski definition) is 2. The third-order valence-corrected chi connectivity index (χ3v) is 3.54. The highest BCUT2D eigenvalue weighted by molar-refractivity contribution is 9.10. The maximum Gasteiger partial charge on any atom is 0.224 e. The molecule has 1 amide bonds. The van der Waals surface area contributed by atoms with E-state index in [1.165, 1.54) is 0 Å². The molecular formula is C13H17BrClNO2. The first-order chi connectivity index (χ1) is 8.52. The van der Waals surface area contributed by atoms with E-state index in [-0.39, 0.29) is 18.6 Å². The fourth-order valence-electron chi connectivity index (χ4n) is 1.63. The molecule has 0 saturated carbocycles. The number of aliphatic hydroxyl groups excluding tert-OH is 1. The SMILES string of the molecule is CC(CCCO)NC(=O)Cc1ccc(Cl)cc1Br. The van der Waals surface area contributed by atoms with Crippen molar-refractivity contribution in [2.75, 3.05) is 6.61 Å². The summed E-state index contributed by atoms with van der Waals surface area (Å²) in [5, 5.41) is 12.3. The van der Waals surface area contributed by atoms with Crippen LogP contribution in [0, 0.1) is 0 Å². The molecule has 0 saturated heterocycles. The van der Waals surface area contributed by atoms with Crippen LogP contribution in [-0.4, -0.2) is 23.7 Å². The van der Waals surface area contributed by atoms with Crippen LogP contribution >= 0.6 is 27.5 Å². The normalized spacial score (nSPS) is 12.2. The van der Waals surface area contributed by atoms with E-state index in [4.69, 9.17) is 16.7 Å². The summed E-state index contributed by atoms with van der Waals surface area (Å²) in [7, 11) is 0. The fraction of sp³-hybridized carbons (Fsp3) is 0.462. The summed E-state index contributed by atoms with van der Waals surface area (Å²) < 4.78 is 0.841. The Bertz CT molecular complexity index is 412. The molecule has 1 unspecified atom stereocenters. The molecule has 18 heavy (non-hydrogen) atoms. The second kappa shape index (κ2) is 7.77. The van der Waals surface area contributed by atoms with Crippen LogP contribution in [-0.2, 0) is 11.2 Å². The molecule has 100 valence electrons. The molecule has 1 atom stereocenters. The highest BCUT2D eigenvalue weighted by Crippen LogP contribution is 2.21. The largest absolute Gasteiger partial charge is 0.396 e. The molecule has 1 aromatic rings. The smallest absolute Gasteiger partial charge is 0.224 e. The third kappa shape index (κ3) is 5.38. The number of rotatable bonds is 6. The van der Waals surface area contributed by atoms with Crippen molar-refractivity contribution in [2.45, 2.75) is 32.2 Å². The first-order valence-corrected chi connectivity index (χ1v) is 7.04. The van der Waals surface area contributed by atoms with Crippen molar-refractivity contribution in [1.82, 2.24) is 5.32 Å². The van der Waals surface area contributed by atoms with Crippen LogP contribution in [0.3, 0.4) is 0 Å². The average Bonchev–Trinajstić information content (AvgIpc) is 2.30. The van der Waals surface area contributed by atoms with E-state index < -0.39 is 0 Å². The Kier molecular flexibility index (Phi) is 6.68. The first-order valence-electron chi connectivity index (χ1n) is 5.87. The molecule has 0 radical (unpaired) electrons. The Morgan fingerprint density at radius 1 is 1.56 bits per heavy atom. The Morgan fingerprint density at radius 2 is 2.28 bits per heavy atom. The number of aliphatic hydroxyl groups is 1. The van der Waals surface area contributed by atoms with Gasteiger partial charge in [0.25, 0.3) is 0 Å². The summed E-state index contributed by atoms with van der Waals surface area (Å²) in [5.41, 5.74) is 0.909. The first kappa shape index (κ1) is 15.5. The van der Waals surface area contributed by atoms with Gasteiger partial charge < -0.3 is 10.4 Å². The van der Waals surface area contributed by atoms with Crippen molar-refractivity contribution in [1.29, 1.82) is 0 Å². The number of nitrogens with one attached hydrogen (secondary N) is 1. The minimum absolute atomic E-state index is 0.0246. The van der Waals surface area contributed by atoms with Crippen molar-refractivity contribution in [3.63, 3.8) is 0 Å². The molecule has 0 aromatic heterocycles. The van der Waals surface area contributed by atoms with Gasteiger partial charge in [-0.15, -0.1) is 0 Å². The molecule has 1 rings (SSSR count). The lowest BCUT2D eigenvalue weighted by Crippen LogP contribution is -2.33. The quantitative estimate of drug-likeness (QED) is 0.840. The molecule has 0 bridgehead atoms. The maximum atomic E-state index is 11.8. The minimum Gasteiger partial charge on any atom is -0.396 e. The number of carbonyl (C=O) groups is 1. The summed E-state index contributed by atoms with van der Waals surface area (Å²) in [4.78, 5) is 11.8. The zero-order valence-corrected chi connectivity index (χ0v) is 12.6. The van der Waals surface area contributed by atoms with Gasteiger partial charge in [0, 0.05) is 22.1 Å². The van der Waals surface area contributed by atoms with Gasteiger partial charge >= 0.3 is 0 Å². The lowest BCUT2D eigenvalue weighted by atomic mass is 10.1. The van der Waals surface area contributed by atoms with Crippen molar-refractivity contribution in [2.24, 2.45) is 0 Å². The van der Waals surface area contributed by atoms with Crippen LogP contribution < -0.4 is 5.32 Å². The standard InChI is InChI=1S/C13H17BrClNO2/c1-9(3-2-6-17)16-13(18)7-10-4-5-11(15)8-12(10)14/h4-5,8-9,17H,2-3,6-7H2,1H3,(H,16,18). The van der Waals surface area contributed by atoms with Crippen LogP contribution in [0.5, 0.6) is 0 Å². The summed E-state index contributed by atoms with van der Waals surface area (Å²) >= 11 is 9.23. The second-order valence-electron chi connectivity index (χ2n) is 4.25. The van der Waals surface area contributed by atoms with Crippen molar-refractivity contribution in [3.8, 4) is 0 Å². The van der Waals surface area contributed by atoms with E-state index in [0.717, 1.165) is 16.5 Å². The maximum absolute atomic E-state index is 11.8. The third-order valence-electron chi connectivity index (χ3n) is 2.57. The van der Waals surface area contributed by atoms with Gasteiger partial charge in [-0.05, 0) is 37.5 Å². The van der Waals surface area contributed by atoms with E-state index in [1.54, 1.807) is 12.1 Å². The lowest BCUT2D eigenvalue weighted by Gasteiger charge is -2.13. The summed E-state index contributed by atoms with van der Waals surface area (Å²) in [6, 6.07) is 5.46. The lowest BCUT2D eigenvalue weighted by molar-refractivity contribution is -0.121. The molecule has 0 aliphatic rings. The van der Waals surface area contributed by atoms with Gasteiger partial charge in [-0.1, -0.05) is 33.6 Å². The summed E-state index contributed by atoms with van der Waals surface area (Å²) in [5.74, 6) is -0.0246. The number of amides is 1. The summed E-state index contributed by atoms with van der Waals surface area (Å²) in [6.07, 6.45) is 1.80. The molecule has 0 aliphatic carbocycles. The van der Waals surface area contributed by atoms with Gasteiger partial charge in [0.15, 0.2) is 0 Å². The van der Waals surface area contributed by atoms with E-state index in [2.05, 4.69) is 21.2 Å². The van der Waals surface area contributed by atoms with Gasteiger partial charge in [-0.25, -0.2) is 0 Å². The summed E-state index contributed by atoms with van der Waals surface area (Å²) in [6.45, 7) is 2.09. The van der Waals surface area contributed by atoms with Crippen LogP contribution in [0.25, 0.3) is 0 Å². The monoisotopic (exact) mass is 333 g/mol. The minimum atomic E-state index is -0.0246. The number of halogens is 2. The Hall–Kier alpha value is -0.580. The Morgan fingerprint density at radius 3 is 2.89 bits per heavy atom. The topological polar surface area (TPSA) is 49.3 Å². The average molecular weight is 335 g/mol. The second-order valence-corrected chi connectivity index (χ2v) is 5.54. The van der Waals surface area contributed by atoms with E-state index >= 15 is 0 Å². The molecule has 5 heteroatoms. The van der Waals surface area contributed by atoms with Gasteiger partial charge in [0.05, 0.1) is 6.42 Å². The van der Waals surface area contributed by atoms with Crippen molar-refractivity contribution in [3.05, 3.63) is 33.3 Å². The molecule has 0 spiro atoms. The Labute approximate surface area is 121 Å². The number of carbonyl (C=O) groups excluding carboxylic acids is 1. The van der Waals surface area contributed by atoms with Gasteiger partial charge in [-0.2, -0.15) is 0 Å². The van der Waals surface area contributed by atoms with E-state index in [0.29, 0.717) is 17.9 Å². The predicted molar refractivity (Wildman–Crippen MR) is 76.8 cm³/mol. The highest BCUT2D eigenvalue weighted by atomic mass is 79.9. The Balaban J connectivity index is 2.49. The molecule has 0 aliphatic heterocycles. The van der Waals surface area contributed by atoms with Gasteiger partial charge in [0.2, 0.25) is 5.91 Å². The molecular weight excluding hydrogens is 318 g/mol. The van der Waals surface area contributed by atoms with E-state index in [1.807, 2.05) is 13.0 Å². The van der Waals surface area contributed by atoms with Gasteiger partial charge in [-0.3, -0.25) is 4.79 Å². The van der Waals surface area contributed by atoms with Crippen LogP contribution in [0.15, 0.2) is 22.7 Å². The number of hydrogen-bond acceptors (Lipinski definition) is 2. The van der Waals surface area contributed by atoms with Gasteiger partial charge in [0.1, 0.15) is 0 Å². The van der Waals surface area contributed by atoms with Crippen molar-refractivity contribution < 1.29 is 9.90 Å². The van der Waals surface area contributed by atoms with Crippen LogP contribution in [0.1, 0.15) is 25.3 Å². The predicted octanol–water partition coefficient (Wildman–Crippen LogP) is 2.92. The fourth-order valence-corrected chi connectivity index (χ4v) is 2.46. The number of benzene rings is 1. The molecule has 2 N–H and O–H groups in total. The van der Waals surface area contributed by atoms with Crippen LogP contribution in [0.4, 0.5) is 0 Å². The highest BCUT2D eigenvalue weighted by Gasteiger charge is 2.10. The molecule has 3 nitrogen and oxygen atoms in total. The van der Waals surface area contributed by atoms with Crippen molar-refractivity contribution >= 4 is 33.4 Å². The van der Waals surface area contributed by atoms with Crippen LogP contribution in [0.2, 0.25) is 5.02 Å². The zero-order valence-electron chi connectivity index (χ0n) is 10.2. The molecule has 0 fully saturated rings. The molecule has 0 heterocycles. The van der Waals surface area contributed by atoms with E-state index in [9.17, 15) is 4.79 Å².